The van der Waals surface area contributed by atoms with E-state index in [1.54, 1.807) is 12.3 Å². The molecule has 1 amide bonds. The van der Waals surface area contributed by atoms with Crippen molar-refractivity contribution in [2.24, 2.45) is 0 Å². The SMILES string of the molecule is CCNc1ncc(Br)cc1C(=O)NCCN1CCOCC1. The van der Waals surface area contributed by atoms with E-state index >= 15 is 0 Å². The average Bonchev–Trinajstić information content (AvgIpc) is 2.50. The van der Waals surface area contributed by atoms with Crippen LogP contribution in [0, 0.1) is 0 Å². The van der Waals surface area contributed by atoms with Crippen LogP contribution < -0.4 is 10.6 Å². The molecule has 116 valence electrons. The molecule has 2 rings (SSSR count). The van der Waals surface area contributed by atoms with Gasteiger partial charge in [0.1, 0.15) is 5.82 Å². The van der Waals surface area contributed by atoms with Gasteiger partial charge in [-0.3, -0.25) is 9.69 Å². The van der Waals surface area contributed by atoms with E-state index in [1.807, 2.05) is 6.92 Å². The Hall–Kier alpha value is -1.18. The molecule has 1 fully saturated rings. The molecule has 1 aromatic rings. The van der Waals surface area contributed by atoms with Crippen LogP contribution in [0.5, 0.6) is 0 Å². The molecule has 7 heteroatoms. The summed E-state index contributed by atoms with van der Waals surface area (Å²) >= 11 is 3.35. The van der Waals surface area contributed by atoms with E-state index < -0.39 is 0 Å². The highest BCUT2D eigenvalue weighted by atomic mass is 79.9. The van der Waals surface area contributed by atoms with E-state index in [2.05, 4.69) is 36.4 Å². The third-order valence-electron chi connectivity index (χ3n) is 3.26. The van der Waals surface area contributed by atoms with Crippen molar-refractivity contribution < 1.29 is 9.53 Å². The van der Waals surface area contributed by atoms with Crippen LogP contribution >= 0.6 is 15.9 Å². The predicted octanol–water partition coefficient (Wildman–Crippen LogP) is 1.34. The van der Waals surface area contributed by atoms with E-state index in [9.17, 15) is 4.79 Å². The van der Waals surface area contributed by atoms with Crippen LogP contribution in [-0.2, 0) is 4.74 Å². The summed E-state index contributed by atoms with van der Waals surface area (Å²) in [6.07, 6.45) is 1.68. The van der Waals surface area contributed by atoms with Gasteiger partial charge in [-0.2, -0.15) is 0 Å². The Morgan fingerprint density at radius 2 is 2.24 bits per heavy atom. The minimum absolute atomic E-state index is 0.104. The van der Waals surface area contributed by atoms with E-state index in [4.69, 9.17) is 4.74 Å². The Bertz CT molecular complexity index is 478. The second-order valence-electron chi connectivity index (χ2n) is 4.79. The number of morpholine rings is 1. The number of aromatic nitrogens is 1. The summed E-state index contributed by atoms with van der Waals surface area (Å²) in [5, 5.41) is 6.05. The Kier molecular flexibility index (Phi) is 6.41. The lowest BCUT2D eigenvalue weighted by Gasteiger charge is -2.26. The van der Waals surface area contributed by atoms with Gasteiger partial charge in [-0.1, -0.05) is 0 Å². The molecule has 1 aliphatic rings. The average molecular weight is 357 g/mol. The summed E-state index contributed by atoms with van der Waals surface area (Å²) in [7, 11) is 0. The zero-order valence-corrected chi connectivity index (χ0v) is 13.8. The maximum absolute atomic E-state index is 12.3. The highest BCUT2D eigenvalue weighted by Gasteiger charge is 2.14. The predicted molar refractivity (Wildman–Crippen MR) is 85.7 cm³/mol. The van der Waals surface area contributed by atoms with Gasteiger partial charge in [-0.15, -0.1) is 0 Å². The maximum atomic E-state index is 12.3. The molecule has 2 heterocycles. The number of ether oxygens (including phenoxy) is 1. The van der Waals surface area contributed by atoms with Crippen molar-refractivity contribution in [2.45, 2.75) is 6.92 Å². The molecule has 2 N–H and O–H groups in total. The van der Waals surface area contributed by atoms with Crippen molar-refractivity contribution in [3.8, 4) is 0 Å². The summed E-state index contributed by atoms with van der Waals surface area (Å²) in [5.41, 5.74) is 0.563. The van der Waals surface area contributed by atoms with Crippen LogP contribution in [0.4, 0.5) is 5.82 Å². The van der Waals surface area contributed by atoms with Crippen molar-refractivity contribution in [1.82, 2.24) is 15.2 Å². The van der Waals surface area contributed by atoms with Crippen molar-refractivity contribution in [3.63, 3.8) is 0 Å². The summed E-state index contributed by atoms with van der Waals surface area (Å²) in [6, 6.07) is 1.79. The third-order valence-corrected chi connectivity index (χ3v) is 3.69. The molecular weight excluding hydrogens is 336 g/mol. The fourth-order valence-corrected chi connectivity index (χ4v) is 2.50. The second-order valence-corrected chi connectivity index (χ2v) is 5.71. The van der Waals surface area contributed by atoms with Crippen LogP contribution in [0.1, 0.15) is 17.3 Å². The minimum Gasteiger partial charge on any atom is -0.379 e. The number of rotatable bonds is 6. The van der Waals surface area contributed by atoms with Gasteiger partial charge in [0.15, 0.2) is 0 Å². The quantitative estimate of drug-likeness (QED) is 0.804. The number of amides is 1. The molecule has 0 radical (unpaired) electrons. The number of pyridine rings is 1. The van der Waals surface area contributed by atoms with Gasteiger partial charge in [0.2, 0.25) is 0 Å². The van der Waals surface area contributed by atoms with Crippen molar-refractivity contribution in [2.75, 3.05) is 51.3 Å². The molecule has 0 bridgehead atoms. The second kappa shape index (κ2) is 8.31. The van der Waals surface area contributed by atoms with Crippen LogP contribution in [0.25, 0.3) is 0 Å². The van der Waals surface area contributed by atoms with Crippen molar-refractivity contribution in [3.05, 3.63) is 22.3 Å². The van der Waals surface area contributed by atoms with Crippen molar-refractivity contribution in [1.29, 1.82) is 0 Å². The number of carbonyl (C=O) groups excluding carboxylic acids is 1. The Balaban J connectivity index is 1.88. The van der Waals surface area contributed by atoms with Crippen molar-refractivity contribution >= 4 is 27.7 Å². The van der Waals surface area contributed by atoms with E-state index in [1.165, 1.54) is 0 Å². The summed E-state index contributed by atoms with van der Waals surface area (Å²) in [5.74, 6) is 0.512. The summed E-state index contributed by atoms with van der Waals surface area (Å²) in [6.45, 7) is 7.56. The van der Waals surface area contributed by atoms with Gasteiger partial charge in [0.05, 0.1) is 18.8 Å². The largest absolute Gasteiger partial charge is 0.379 e. The van der Waals surface area contributed by atoms with Crippen LogP contribution in [0.15, 0.2) is 16.7 Å². The van der Waals surface area contributed by atoms with Gasteiger partial charge in [-0.05, 0) is 28.9 Å². The lowest BCUT2D eigenvalue weighted by molar-refractivity contribution is 0.0383. The Morgan fingerprint density at radius 3 is 2.95 bits per heavy atom. The highest BCUT2D eigenvalue weighted by Crippen LogP contribution is 2.17. The first-order valence-corrected chi connectivity index (χ1v) is 7.97. The number of nitrogens with one attached hydrogen (secondary N) is 2. The molecule has 6 nitrogen and oxygen atoms in total. The zero-order valence-electron chi connectivity index (χ0n) is 12.2. The number of carbonyl (C=O) groups is 1. The van der Waals surface area contributed by atoms with Gasteiger partial charge >= 0.3 is 0 Å². The summed E-state index contributed by atoms with van der Waals surface area (Å²) in [4.78, 5) is 18.8. The molecule has 0 spiro atoms. The third kappa shape index (κ3) is 4.94. The first-order chi connectivity index (χ1) is 10.2. The lowest BCUT2D eigenvalue weighted by Crippen LogP contribution is -2.41. The molecule has 21 heavy (non-hydrogen) atoms. The van der Waals surface area contributed by atoms with E-state index in [0.717, 1.165) is 43.9 Å². The van der Waals surface area contributed by atoms with E-state index in [0.29, 0.717) is 17.9 Å². The number of halogens is 1. The van der Waals surface area contributed by atoms with Crippen LogP contribution in [0.2, 0.25) is 0 Å². The molecule has 0 atom stereocenters. The lowest BCUT2D eigenvalue weighted by atomic mass is 10.2. The van der Waals surface area contributed by atoms with Gasteiger partial charge < -0.3 is 15.4 Å². The standard InChI is InChI=1S/C14H21BrN4O2/c1-2-16-13-12(9-11(15)10-18-13)14(20)17-3-4-19-5-7-21-8-6-19/h9-10H,2-8H2,1H3,(H,16,18)(H,17,20). The highest BCUT2D eigenvalue weighted by molar-refractivity contribution is 9.10. The molecule has 0 aliphatic carbocycles. The molecule has 0 aromatic carbocycles. The first-order valence-electron chi connectivity index (χ1n) is 7.18. The molecule has 1 saturated heterocycles. The smallest absolute Gasteiger partial charge is 0.255 e. The van der Waals surface area contributed by atoms with Gasteiger partial charge in [0, 0.05) is 43.4 Å². The molecular formula is C14H21BrN4O2. The number of anilines is 1. The minimum atomic E-state index is -0.104. The fraction of sp³-hybridized carbons (Fsp3) is 0.571. The van der Waals surface area contributed by atoms with Gasteiger partial charge in [-0.25, -0.2) is 4.98 Å². The number of hydrogen-bond acceptors (Lipinski definition) is 5. The molecule has 1 aromatic heterocycles. The first kappa shape index (κ1) is 16.2. The maximum Gasteiger partial charge on any atom is 0.255 e. The van der Waals surface area contributed by atoms with E-state index in [-0.39, 0.29) is 5.91 Å². The van der Waals surface area contributed by atoms with Crippen LogP contribution in [-0.4, -0.2) is 61.7 Å². The molecule has 0 saturated carbocycles. The Morgan fingerprint density at radius 1 is 1.48 bits per heavy atom. The fourth-order valence-electron chi connectivity index (χ4n) is 2.17. The van der Waals surface area contributed by atoms with Crippen LogP contribution in [0.3, 0.4) is 0 Å². The molecule has 1 aliphatic heterocycles. The number of hydrogen-bond donors (Lipinski definition) is 2. The number of nitrogens with zero attached hydrogens (tertiary/aromatic N) is 2. The topological polar surface area (TPSA) is 66.5 Å². The monoisotopic (exact) mass is 356 g/mol. The normalized spacial score (nSPS) is 15.7. The Labute approximate surface area is 133 Å². The summed E-state index contributed by atoms with van der Waals surface area (Å²) < 4.78 is 6.10. The molecule has 0 unspecified atom stereocenters. The zero-order chi connectivity index (χ0) is 15.1. The van der Waals surface area contributed by atoms with Gasteiger partial charge in [0.25, 0.3) is 5.91 Å².